The molecule has 0 unspecified atom stereocenters. The highest BCUT2D eigenvalue weighted by Gasteiger charge is 1.92. The molecule has 0 spiro atoms. The Labute approximate surface area is 42.9 Å². The predicted octanol–water partition coefficient (Wildman–Crippen LogP) is -0.270. The van der Waals surface area contributed by atoms with Crippen LogP contribution in [-0.4, -0.2) is 20.8 Å². The lowest BCUT2D eigenvalue weighted by Crippen LogP contribution is -2.05. The van der Waals surface area contributed by atoms with Crippen molar-refractivity contribution >= 4 is 13.7 Å². The zero-order valence-electron chi connectivity index (χ0n) is 4.30. The van der Waals surface area contributed by atoms with Crippen molar-refractivity contribution < 1.29 is 14.1 Å². The molecule has 0 atom stereocenters. The fourth-order valence-electron chi connectivity index (χ4n) is 0.116. The van der Waals surface area contributed by atoms with Gasteiger partial charge in [-0.05, 0) is 0 Å². The average molecular weight is 101 g/mol. The van der Waals surface area contributed by atoms with Crippen molar-refractivity contribution in [3.63, 3.8) is 0 Å². The molecule has 0 aromatic carbocycles. The van der Waals surface area contributed by atoms with Gasteiger partial charge in [-0.25, -0.2) is 0 Å². The normalized spacial score (nSPS) is 7.71. The van der Waals surface area contributed by atoms with E-state index in [2.05, 4.69) is 9.31 Å². The van der Waals surface area contributed by atoms with Crippen molar-refractivity contribution in [2.75, 3.05) is 7.11 Å². The van der Waals surface area contributed by atoms with Crippen LogP contribution in [0.15, 0.2) is 0 Å². The molecule has 0 aliphatic heterocycles. The van der Waals surface area contributed by atoms with Crippen LogP contribution in [0, 0.1) is 0 Å². The summed E-state index contributed by atoms with van der Waals surface area (Å²) in [5.74, 6) is -0.373. The standard InChI is InChI=1S/C3H6BO3/c1-3(5)7-4-6-2/h1-2H3. The summed E-state index contributed by atoms with van der Waals surface area (Å²) in [6.45, 7) is 1.30. The Hall–Kier alpha value is -0.505. The van der Waals surface area contributed by atoms with Gasteiger partial charge in [0.2, 0.25) is 0 Å². The quantitative estimate of drug-likeness (QED) is 0.449. The summed E-state index contributed by atoms with van der Waals surface area (Å²) < 4.78 is 8.49. The molecule has 7 heavy (non-hydrogen) atoms. The molecule has 39 valence electrons. The van der Waals surface area contributed by atoms with Gasteiger partial charge in [-0.15, -0.1) is 0 Å². The molecule has 0 bridgehead atoms. The van der Waals surface area contributed by atoms with Crippen molar-refractivity contribution in [1.29, 1.82) is 0 Å². The summed E-state index contributed by atoms with van der Waals surface area (Å²) in [5.41, 5.74) is 0. The van der Waals surface area contributed by atoms with E-state index < -0.39 is 0 Å². The van der Waals surface area contributed by atoms with Gasteiger partial charge < -0.3 is 9.31 Å². The minimum Gasteiger partial charge on any atom is -0.511 e. The molecule has 0 N–H and O–H groups in total. The molecule has 0 heterocycles. The second-order valence-electron chi connectivity index (χ2n) is 0.941. The summed E-state index contributed by atoms with van der Waals surface area (Å²) in [5, 5.41) is 0. The van der Waals surface area contributed by atoms with Gasteiger partial charge in [0, 0.05) is 14.0 Å². The van der Waals surface area contributed by atoms with E-state index in [1.807, 2.05) is 0 Å². The monoisotopic (exact) mass is 101 g/mol. The lowest BCUT2D eigenvalue weighted by Gasteiger charge is -1.91. The Kier molecular flexibility index (Phi) is 3.41. The zero-order chi connectivity index (χ0) is 5.70. The Morgan fingerprint density at radius 2 is 2.29 bits per heavy atom. The van der Waals surface area contributed by atoms with Gasteiger partial charge in [0.1, 0.15) is 0 Å². The van der Waals surface area contributed by atoms with Gasteiger partial charge in [0.15, 0.2) is 0 Å². The maximum Gasteiger partial charge on any atom is 0.574 e. The average Bonchev–Trinajstić information content (AvgIpc) is 1.61. The molecular weight excluding hydrogens is 94.8 g/mol. The second-order valence-corrected chi connectivity index (χ2v) is 0.941. The molecule has 1 radical (unpaired) electrons. The number of hydrogen-bond donors (Lipinski definition) is 0. The highest BCUT2D eigenvalue weighted by molar-refractivity contribution is 6.21. The van der Waals surface area contributed by atoms with E-state index in [9.17, 15) is 4.79 Å². The van der Waals surface area contributed by atoms with Crippen LogP contribution in [0.4, 0.5) is 0 Å². The van der Waals surface area contributed by atoms with E-state index in [-0.39, 0.29) is 5.97 Å². The summed E-state index contributed by atoms with van der Waals surface area (Å²) in [6, 6.07) is 0. The second kappa shape index (κ2) is 3.68. The van der Waals surface area contributed by atoms with E-state index >= 15 is 0 Å². The van der Waals surface area contributed by atoms with Crippen LogP contribution >= 0.6 is 0 Å². The maximum absolute atomic E-state index is 9.87. The molecule has 0 aromatic rings. The first-order valence-corrected chi connectivity index (χ1v) is 1.79. The van der Waals surface area contributed by atoms with Crippen LogP contribution in [0.3, 0.4) is 0 Å². The maximum atomic E-state index is 9.87. The van der Waals surface area contributed by atoms with E-state index in [0.717, 1.165) is 7.69 Å². The van der Waals surface area contributed by atoms with E-state index in [0.29, 0.717) is 0 Å². The molecule has 0 amide bonds. The third-order valence-corrected chi connectivity index (χ3v) is 0.310. The Balaban J connectivity index is 2.82. The van der Waals surface area contributed by atoms with Gasteiger partial charge in [0.05, 0.1) is 0 Å². The summed E-state index contributed by atoms with van der Waals surface area (Å²) in [4.78, 5) is 9.87. The van der Waals surface area contributed by atoms with Crippen LogP contribution in [0.1, 0.15) is 6.92 Å². The van der Waals surface area contributed by atoms with E-state index in [1.54, 1.807) is 0 Å². The highest BCUT2D eigenvalue weighted by atomic mass is 16.6. The molecule has 4 heteroatoms. The first-order chi connectivity index (χ1) is 3.27. The minimum absolute atomic E-state index is 0.373. The number of rotatable bonds is 2. The van der Waals surface area contributed by atoms with Crippen LogP contribution in [0.5, 0.6) is 0 Å². The summed E-state index contributed by atoms with van der Waals surface area (Å²) >= 11 is 0. The largest absolute Gasteiger partial charge is 0.574 e. The molecule has 0 rings (SSSR count). The lowest BCUT2D eigenvalue weighted by molar-refractivity contribution is -0.132. The fraction of sp³-hybridized carbons (Fsp3) is 0.667. The molecule has 0 saturated carbocycles. The van der Waals surface area contributed by atoms with Crippen molar-refractivity contribution in [1.82, 2.24) is 0 Å². The van der Waals surface area contributed by atoms with E-state index in [4.69, 9.17) is 0 Å². The Morgan fingerprint density at radius 1 is 1.71 bits per heavy atom. The van der Waals surface area contributed by atoms with Crippen LogP contribution in [0.2, 0.25) is 0 Å². The van der Waals surface area contributed by atoms with Gasteiger partial charge in [-0.3, -0.25) is 4.79 Å². The highest BCUT2D eigenvalue weighted by Crippen LogP contribution is 1.69. The molecule has 0 aliphatic rings. The molecule has 0 aromatic heterocycles. The minimum atomic E-state index is -0.373. The Morgan fingerprint density at radius 3 is 2.43 bits per heavy atom. The van der Waals surface area contributed by atoms with Gasteiger partial charge in [0.25, 0.3) is 5.97 Å². The first kappa shape index (κ1) is 6.49. The molecule has 0 aliphatic carbocycles. The Bertz CT molecular complexity index is 63.2. The zero-order valence-corrected chi connectivity index (χ0v) is 4.30. The number of hydrogen-bond acceptors (Lipinski definition) is 3. The van der Waals surface area contributed by atoms with Crippen LogP contribution < -0.4 is 0 Å². The van der Waals surface area contributed by atoms with Crippen molar-refractivity contribution in [3.05, 3.63) is 0 Å². The molecular formula is C3H6BO3. The molecule has 0 saturated heterocycles. The summed E-state index contributed by atoms with van der Waals surface area (Å²) in [7, 11) is 2.38. The van der Waals surface area contributed by atoms with E-state index in [1.165, 1.54) is 14.0 Å². The van der Waals surface area contributed by atoms with Crippen molar-refractivity contribution in [2.24, 2.45) is 0 Å². The fourth-order valence-corrected chi connectivity index (χ4v) is 0.116. The third-order valence-electron chi connectivity index (χ3n) is 0.310. The lowest BCUT2D eigenvalue weighted by atomic mass is 10.4. The van der Waals surface area contributed by atoms with Crippen molar-refractivity contribution in [3.8, 4) is 0 Å². The summed E-state index contributed by atoms with van der Waals surface area (Å²) in [6.07, 6.45) is 0. The van der Waals surface area contributed by atoms with Crippen LogP contribution in [-0.2, 0) is 14.1 Å². The number of carbonyl (C=O) groups is 1. The first-order valence-electron chi connectivity index (χ1n) is 1.79. The topological polar surface area (TPSA) is 35.5 Å². The predicted molar refractivity (Wildman–Crippen MR) is 24.5 cm³/mol. The van der Waals surface area contributed by atoms with Gasteiger partial charge in [-0.2, -0.15) is 0 Å². The van der Waals surface area contributed by atoms with Crippen molar-refractivity contribution in [2.45, 2.75) is 6.92 Å². The molecule has 0 fully saturated rings. The van der Waals surface area contributed by atoms with Gasteiger partial charge >= 0.3 is 7.69 Å². The molecule has 3 nitrogen and oxygen atoms in total. The smallest absolute Gasteiger partial charge is 0.511 e. The van der Waals surface area contributed by atoms with Crippen LogP contribution in [0.25, 0.3) is 0 Å². The third kappa shape index (κ3) is 5.49. The number of carbonyl (C=O) groups excluding carboxylic acids is 1. The SMILES string of the molecule is CO[B]OC(C)=O. The van der Waals surface area contributed by atoms with Gasteiger partial charge in [-0.1, -0.05) is 0 Å².